The third-order valence-corrected chi connectivity index (χ3v) is 3.42. The first-order chi connectivity index (χ1) is 8.66. The monoisotopic (exact) mass is 266 g/mol. The molecule has 0 spiro atoms. The summed E-state index contributed by atoms with van der Waals surface area (Å²) in [6, 6.07) is 7.97. The van der Waals surface area contributed by atoms with E-state index in [0.717, 1.165) is 18.8 Å². The Labute approximate surface area is 113 Å². The van der Waals surface area contributed by atoms with Crippen LogP contribution in [0.2, 0.25) is 0 Å². The molecule has 0 unspecified atom stereocenters. The Bertz CT molecular complexity index is 397. The molecule has 1 saturated heterocycles. The topological polar surface area (TPSA) is 32.3 Å². The van der Waals surface area contributed by atoms with E-state index in [9.17, 15) is 4.79 Å². The van der Waals surface area contributed by atoms with Crippen molar-refractivity contribution in [3.8, 4) is 0 Å². The molecule has 1 fully saturated rings. The fourth-order valence-electron chi connectivity index (χ4n) is 2.15. The Morgan fingerprint density at radius 3 is 2.39 bits per heavy atom. The SMILES string of the molecule is C[C@H](Cl)C(=O)Nc1ccc(N2CCCCC2)cc1. The van der Waals surface area contributed by atoms with Crippen molar-refractivity contribution in [1.29, 1.82) is 0 Å². The summed E-state index contributed by atoms with van der Waals surface area (Å²) in [6.07, 6.45) is 3.86. The lowest BCUT2D eigenvalue weighted by molar-refractivity contribution is -0.115. The highest BCUT2D eigenvalue weighted by Gasteiger charge is 2.12. The molecular formula is C14H19ClN2O. The molecule has 1 aliphatic heterocycles. The summed E-state index contributed by atoms with van der Waals surface area (Å²) < 4.78 is 0. The standard InChI is InChI=1S/C14H19ClN2O/c1-11(15)14(18)16-12-5-7-13(8-6-12)17-9-3-2-4-10-17/h5-8,11H,2-4,9-10H2,1H3,(H,16,18)/t11-/m0/s1. The fourth-order valence-corrected chi connectivity index (χ4v) is 2.20. The smallest absolute Gasteiger partial charge is 0.242 e. The number of hydrogen-bond donors (Lipinski definition) is 1. The number of carbonyl (C=O) groups is 1. The number of nitrogens with zero attached hydrogens (tertiary/aromatic N) is 1. The lowest BCUT2D eigenvalue weighted by Gasteiger charge is -2.28. The molecule has 98 valence electrons. The van der Waals surface area contributed by atoms with E-state index in [1.165, 1.54) is 24.9 Å². The molecule has 1 N–H and O–H groups in total. The van der Waals surface area contributed by atoms with E-state index in [1.54, 1.807) is 6.92 Å². The summed E-state index contributed by atoms with van der Waals surface area (Å²) in [6.45, 7) is 3.92. The molecule has 4 heteroatoms. The van der Waals surface area contributed by atoms with Crippen molar-refractivity contribution in [2.75, 3.05) is 23.3 Å². The zero-order chi connectivity index (χ0) is 13.0. The first-order valence-corrected chi connectivity index (χ1v) is 6.90. The Morgan fingerprint density at radius 1 is 1.22 bits per heavy atom. The lowest BCUT2D eigenvalue weighted by atomic mass is 10.1. The van der Waals surface area contributed by atoms with Gasteiger partial charge in [0.25, 0.3) is 0 Å². The number of hydrogen-bond acceptors (Lipinski definition) is 2. The molecule has 1 atom stereocenters. The van der Waals surface area contributed by atoms with Crippen LogP contribution in [0.25, 0.3) is 0 Å². The van der Waals surface area contributed by atoms with E-state index >= 15 is 0 Å². The van der Waals surface area contributed by atoms with Gasteiger partial charge in [0.2, 0.25) is 5.91 Å². The number of rotatable bonds is 3. The second-order valence-electron chi connectivity index (χ2n) is 4.70. The average Bonchev–Trinajstić information content (AvgIpc) is 2.40. The predicted molar refractivity (Wildman–Crippen MR) is 76.5 cm³/mol. The summed E-state index contributed by atoms with van der Waals surface area (Å²) in [7, 11) is 0. The van der Waals surface area contributed by atoms with Gasteiger partial charge in [0.05, 0.1) is 0 Å². The molecule has 2 rings (SSSR count). The molecule has 0 aliphatic carbocycles. The first kappa shape index (κ1) is 13.2. The summed E-state index contributed by atoms with van der Waals surface area (Å²) in [5, 5.41) is 2.27. The van der Waals surface area contributed by atoms with E-state index in [-0.39, 0.29) is 5.91 Å². The lowest BCUT2D eigenvalue weighted by Crippen LogP contribution is -2.29. The predicted octanol–water partition coefficient (Wildman–Crippen LogP) is 3.24. The molecule has 1 aliphatic rings. The summed E-state index contributed by atoms with van der Waals surface area (Å²) >= 11 is 5.71. The van der Waals surface area contributed by atoms with Crippen LogP contribution in [0.15, 0.2) is 24.3 Å². The molecule has 18 heavy (non-hydrogen) atoms. The van der Waals surface area contributed by atoms with Crippen molar-refractivity contribution in [3.05, 3.63) is 24.3 Å². The van der Waals surface area contributed by atoms with Crippen molar-refractivity contribution in [1.82, 2.24) is 0 Å². The number of carbonyl (C=O) groups excluding carboxylic acids is 1. The normalized spacial score (nSPS) is 17.3. The van der Waals surface area contributed by atoms with Gasteiger partial charge in [0.15, 0.2) is 0 Å². The molecule has 0 saturated carbocycles. The van der Waals surface area contributed by atoms with Crippen LogP contribution in [0.1, 0.15) is 26.2 Å². The Kier molecular flexibility index (Phi) is 4.48. The highest BCUT2D eigenvalue weighted by Crippen LogP contribution is 2.21. The van der Waals surface area contributed by atoms with Gasteiger partial charge in [-0.3, -0.25) is 4.79 Å². The third kappa shape index (κ3) is 3.39. The number of amides is 1. The van der Waals surface area contributed by atoms with Gasteiger partial charge >= 0.3 is 0 Å². The fraction of sp³-hybridized carbons (Fsp3) is 0.500. The van der Waals surface area contributed by atoms with Crippen LogP contribution in [-0.4, -0.2) is 24.4 Å². The van der Waals surface area contributed by atoms with Crippen LogP contribution in [0, 0.1) is 0 Å². The van der Waals surface area contributed by atoms with E-state index < -0.39 is 5.38 Å². The zero-order valence-electron chi connectivity index (χ0n) is 10.7. The van der Waals surface area contributed by atoms with Crippen LogP contribution in [0.5, 0.6) is 0 Å². The van der Waals surface area contributed by atoms with Gasteiger partial charge in [-0.25, -0.2) is 0 Å². The molecule has 1 aromatic rings. The van der Waals surface area contributed by atoms with Gasteiger partial charge in [-0.05, 0) is 50.5 Å². The van der Waals surface area contributed by atoms with Gasteiger partial charge in [0.1, 0.15) is 5.38 Å². The molecule has 1 aromatic carbocycles. The van der Waals surface area contributed by atoms with Crippen molar-refractivity contribution < 1.29 is 4.79 Å². The summed E-state index contributed by atoms with van der Waals surface area (Å²) in [5.74, 6) is -0.164. The molecule has 0 radical (unpaired) electrons. The zero-order valence-corrected chi connectivity index (χ0v) is 11.4. The van der Waals surface area contributed by atoms with Crippen molar-refractivity contribution in [2.45, 2.75) is 31.6 Å². The maximum atomic E-state index is 11.4. The van der Waals surface area contributed by atoms with Gasteiger partial charge in [0, 0.05) is 24.5 Å². The molecule has 3 nitrogen and oxygen atoms in total. The van der Waals surface area contributed by atoms with Crippen LogP contribution >= 0.6 is 11.6 Å². The van der Waals surface area contributed by atoms with Crippen molar-refractivity contribution in [2.24, 2.45) is 0 Å². The highest BCUT2D eigenvalue weighted by atomic mass is 35.5. The van der Waals surface area contributed by atoms with E-state index in [2.05, 4.69) is 22.3 Å². The van der Waals surface area contributed by atoms with Gasteiger partial charge in [-0.1, -0.05) is 0 Å². The van der Waals surface area contributed by atoms with Gasteiger partial charge in [-0.2, -0.15) is 0 Å². The second kappa shape index (κ2) is 6.10. The maximum Gasteiger partial charge on any atom is 0.242 e. The average molecular weight is 267 g/mol. The number of anilines is 2. The molecule has 1 amide bonds. The van der Waals surface area contributed by atoms with Crippen LogP contribution in [0.4, 0.5) is 11.4 Å². The van der Waals surface area contributed by atoms with E-state index in [0.29, 0.717) is 0 Å². The largest absolute Gasteiger partial charge is 0.372 e. The van der Waals surface area contributed by atoms with E-state index in [1.807, 2.05) is 12.1 Å². The van der Waals surface area contributed by atoms with Crippen LogP contribution in [0.3, 0.4) is 0 Å². The van der Waals surface area contributed by atoms with Crippen molar-refractivity contribution in [3.63, 3.8) is 0 Å². The van der Waals surface area contributed by atoms with Crippen LogP contribution in [-0.2, 0) is 4.79 Å². The molecular weight excluding hydrogens is 248 g/mol. The minimum Gasteiger partial charge on any atom is -0.372 e. The maximum absolute atomic E-state index is 11.4. The Morgan fingerprint density at radius 2 is 1.83 bits per heavy atom. The van der Waals surface area contributed by atoms with E-state index in [4.69, 9.17) is 11.6 Å². The molecule has 1 heterocycles. The molecule has 0 aromatic heterocycles. The first-order valence-electron chi connectivity index (χ1n) is 6.47. The third-order valence-electron chi connectivity index (χ3n) is 3.22. The quantitative estimate of drug-likeness (QED) is 0.852. The Hall–Kier alpha value is -1.22. The number of piperidine rings is 1. The molecule has 0 bridgehead atoms. The summed E-state index contributed by atoms with van der Waals surface area (Å²) in [4.78, 5) is 13.8. The number of alkyl halides is 1. The Balaban J connectivity index is 1.98. The summed E-state index contributed by atoms with van der Waals surface area (Å²) in [5.41, 5.74) is 2.03. The second-order valence-corrected chi connectivity index (χ2v) is 5.35. The minimum atomic E-state index is -0.508. The van der Waals surface area contributed by atoms with Gasteiger partial charge in [-0.15, -0.1) is 11.6 Å². The highest BCUT2D eigenvalue weighted by molar-refractivity contribution is 6.32. The van der Waals surface area contributed by atoms with Gasteiger partial charge < -0.3 is 10.2 Å². The van der Waals surface area contributed by atoms with Crippen molar-refractivity contribution >= 4 is 28.9 Å². The number of nitrogens with one attached hydrogen (secondary N) is 1. The number of benzene rings is 1. The minimum absolute atomic E-state index is 0.164. The number of halogens is 1. The van der Waals surface area contributed by atoms with Crippen LogP contribution < -0.4 is 10.2 Å².